The first-order chi connectivity index (χ1) is 7.75. The van der Waals surface area contributed by atoms with E-state index in [0.29, 0.717) is 0 Å². The van der Waals surface area contributed by atoms with Gasteiger partial charge in [-0.1, -0.05) is 6.07 Å². The van der Waals surface area contributed by atoms with Crippen LogP contribution in [0.1, 0.15) is 35.1 Å². The van der Waals surface area contributed by atoms with Gasteiger partial charge in [-0.25, -0.2) is 4.79 Å². The zero-order valence-corrected chi connectivity index (χ0v) is 13.4. The molecular formula is C13H16KN2O. The molecule has 85 valence electrons. The maximum atomic E-state index is 11.1. The molecule has 0 saturated heterocycles. The first kappa shape index (κ1) is 13.6. The van der Waals surface area contributed by atoms with Gasteiger partial charge in [0.25, 0.3) is 0 Å². The summed E-state index contributed by atoms with van der Waals surface area (Å²) in [6.07, 6.45) is 6.86. The summed E-state index contributed by atoms with van der Waals surface area (Å²) >= 11 is 0. The molecule has 0 bridgehead atoms. The Bertz CT molecular complexity index is 439. The number of carbonyl (C=O) groups excluding carboxylic acids is 1. The van der Waals surface area contributed by atoms with Gasteiger partial charge >= 0.3 is 6.03 Å². The van der Waals surface area contributed by atoms with Crippen molar-refractivity contribution in [1.82, 2.24) is 0 Å². The predicted molar refractivity (Wildman–Crippen MR) is 69.5 cm³/mol. The number of primary amides is 1. The molecule has 3 rings (SSSR count). The summed E-state index contributed by atoms with van der Waals surface area (Å²) in [6.45, 7) is 0. The van der Waals surface area contributed by atoms with E-state index in [1.807, 2.05) is 0 Å². The van der Waals surface area contributed by atoms with Crippen LogP contribution in [0.25, 0.3) is 0 Å². The van der Waals surface area contributed by atoms with E-state index in [2.05, 4.69) is 11.4 Å². The number of amides is 2. The molecule has 1 radical (unpaired) electrons. The largest absolute Gasteiger partial charge is 0.351 e. The van der Waals surface area contributed by atoms with Gasteiger partial charge in [-0.3, -0.25) is 0 Å². The van der Waals surface area contributed by atoms with Crippen molar-refractivity contribution < 1.29 is 4.79 Å². The number of nitrogens with one attached hydrogen (secondary N) is 1. The van der Waals surface area contributed by atoms with Crippen LogP contribution in [0.2, 0.25) is 0 Å². The number of carbonyl (C=O) groups is 1. The van der Waals surface area contributed by atoms with E-state index < -0.39 is 6.03 Å². The number of rotatable bonds is 1. The number of aryl methyl sites for hydroxylation is 2. The Morgan fingerprint density at radius 1 is 1.06 bits per heavy atom. The molecule has 0 atom stereocenters. The number of hydrogen-bond acceptors (Lipinski definition) is 1. The number of hydrogen-bond donors (Lipinski definition) is 2. The Morgan fingerprint density at radius 2 is 1.59 bits per heavy atom. The minimum Gasteiger partial charge on any atom is -0.351 e. The fourth-order valence-electron chi connectivity index (χ4n) is 3.09. The maximum absolute atomic E-state index is 11.1. The zero-order chi connectivity index (χ0) is 11.1. The summed E-state index contributed by atoms with van der Waals surface area (Å²) in [5.74, 6) is 0. The van der Waals surface area contributed by atoms with Crippen molar-refractivity contribution in [2.75, 3.05) is 5.32 Å². The van der Waals surface area contributed by atoms with Gasteiger partial charge < -0.3 is 11.1 Å². The van der Waals surface area contributed by atoms with Crippen molar-refractivity contribution in [1.29, 1.82) is 0 Å². The molecule has 1 aromatic rings. The summed E-state index contributed by atoms with van der Waals surface area (Å²) in [6, 6.07) is 1.91. The number of nitrogens with two attached hydrogens (primary N) is 1. The number of benzene rings is 1. The van der Waals surface area contributed by atoms with E-state index >= 15 is 0 Å². The smallest absolute Gasteiger partial charge is 0.316 e. The molecule has 2 aliphatic rings. The van der Waals surface area contributed by atoms with Gasteiger partial charge in [0.1, 0.15) is 0 Å². The third-order valence-electron chi connectivity index (χ3n) is 3.72. The fourth-order valence-corrected chi connectivity index (χ4v) is 3.09. The van der Waals surface area contributed by atoms with Gasteiger partial charge in [0.15, 0.2) is 0 Å². The first-order valence-corrected chi connectivity index (χ1v) is 5.98. The number of anilines is 1. The third-order valence-corrected chi connectivity index (χ3v) is 3.72. The van der Waals surface area contributed by atoms with Crippen molar-refractivity contribution in [3.63, 3.8) is 0 Å². The molecule has 0 saturated carbocycles. The average Bonchev–Trinajstić information content (AvgIpc) is 2.83. The topological polar surface area (TPSA) is 55.1 Å². The van der Waals surface area contributed by atoms with Crippen molar-refractivity contribution in [3.8, 4) is 0 Å². The van der Waals surface area contributed by atoms with Gasteiger partial charge in [-0.2, -0.15) is 0 Å². The molecule has 3 N–H and O–H groups in total. The van der Waals surface area contributed by atoms with E-state index in [9.17, 15) is 4.79 Å². The molecule has 0 unspecified atom stereocenters. The van der Waals surface area contributed by atoms with E-state index in [1.54, 1.807) is 0 Å². The molecule has 17 heavy (non-hydrogen) atoms. The Labute approximate surface area is 144 Å². The molecule has 0 aromatic heterocycles. The minimum absolute atomic E-state index is 0. The Morgan fingerprint density at radius 3 is 2.06 bits per heavy atom. The van der Waals surface area contributed by atoms with Gasteiger partial charge in [0, 0.05) is 57.1 Å². The first-order valence-electron chi connectivity index (χ1n) is 5.98. The Hall–Kier alpha value is 0.126. The molecule has 2 aliphatic carbocycles. The van der Waals surface area contributed by atoms with Crippen LogP contribution in [0.3, 0.4) is 0 Å². The monoisotopic (exact) mass is 255 g/mol. The van der Waals surface area contributed by atoms with E-state index in [0.717, 1.165) is 31.4 Å². The molecule has 0 aliphatic heterocycles. The summed E-state index contributed by atoms with van der Waals surface area (Å²) in [4.78, 5) is 11.1. The van der Waals surface area contributed by atoms with Crippen LogP contribution in [-0.2, 0) is 25.7 Å². The van der Waals surface area contributed by atoms with Gasteiger partial charge in [-0.15, -0.1) is 0 Å². The molecule has 0 fully saturated rings. The average molecular weight is 255 g/mol. The second-order valence-corrected chi connectivity index (χ2v) is 4.72. The van der Waals surface area contributed by atoms with Crippen LogP contribution < -0.4 is 11.1 Å². The molecule has 2 amide bonds. The summed E-state index contributed by atoms with van der Waals surface area (Å²) < 4.78 is 0. The quantitative estimate of drug-likeness (QED) is 0.738. The SMILES string of the molecule is NC(=O)Nc1c2c(cc3c1CCC3)CCC2.[K]. The number of fused-ring (bicyclic) bond motifs is 2. The molecule has 4 heteroatoms. The van der Waals surface area contributed by atoms with Gasteiger partial charge in [0.05, 0.1) is 0 Å². The van der Waals surface area contributed by atoms with Crippen molar-refractivity contribution in [2.24, 2.45) is 5.73 Å². The summed E-state index contributed by atoms with van der Waals surface area (Å²) in [7, 11) is 0. The third kappa shape index (κ3) is 2.47. The van der Waals surface area contributed by atoms with Crippen LogP contribution in [0.5, 0.6) is 0 Å². The Kier molecular flexibility index (Phi) is 4.31. The van der Waals surface area contributed by atoms with E-state index in [4.69, 9.17) is 5.73 Å². The van der Waals surface area contributed by atoms with Crippen LogP contribution in [0.4, 0.5) is 10.5 Å². The molecule has 1 aromatic carbocycles. The van der Waals surface area contributed by atoms with Crippen molar-refractivity contribution in [2.45, 2.75) is 38.5 Å². The van der Waals surface area contributed by atoms with Crippen LogP contribution in [0.15, 0.2) is 6.07 Å². The van der Waals surface area contributed by atoms with Gasteiger partial charge in [0.2, 0.25) is 0 Å². The predicted octanol–water partition coefficient (Wildman–Crippen LogP) is 1.77. The Balaban J connectivity index is 0.00000108. The standard InChI is InChI=1S/C13H16N2O.K/c14-13(16)15-12-10-5-1-3-8(10)7-9-4-2-6-11(9)12;/h7H,1-6H2,(H3,14,15,16);. The van der Waals surface area contributed by atoms with Crippen LogP contribution >= 0.6 is 0 Å². The van der Waals surface area contributed by atoms with Crippen LogP contribution in [0, 0.1) is 0 Å². The normalized spacial score (nSPS) is 16.0. The minimum atomic E-state index is -0.436. The van der Waals surface area contributed by atoms with Gasteiger partial charge in [-0.05, 0) is 60.8 Å². The van der Waals surface area contributed by atoms with Crippen molar-refractivity contribution in [3.05, 3.63) is 28.3 Å². The second kappa shape index (κ2) is 5.41. The maximum Gasteiger partial charge on any atom is 0.316 e. The fraction of sp³-hybridized carbons (Fsp3) is 0.462. The number of urea groups is 1. The van der Waals surface area contributed by atoms with E-state index in [-0.39, 0.29) is 51.4 Å². The molecule has 3 nitrogen and oxygen atoms in total. The molecular weight excluding hydrogens is 239 g/mol. The van der Waals surface area contributed by atoms with Crippen molar-refractivity contribution >= 4 is 63.1 Å². The van der Waals surface area contributed by atoms with E-state index in [1.165, 1.54) is 35.1 Å². The zero-order valence-electron chi connectivity index (χ0n) is 10.3. The second-order valence-electron chi connectivity index (χ2n) is 4.72. The van der Waals surface area contributed by atoms with Crippen LogP contribution in [-0.4, -0.2) is 57.4 Å². The molecule has 0 spiro atoms. The molecule has 0 heterocycles. The summed E-state index contributed by atoms with van der Waals surface area (Å²) in [5, 5.41) is 2.84. The summed E-state index contributed by atoms with van der Waals surface area (Å²) in [5.41, 5.74) is 11.8.